The summed E-state index contributed by atoms with van der Waals surface area (Å²) in [4.78, 5) is 39.4. The van der Waals surface area contributed by atoms with E-state index in [0.29, 0.717) is 28.3 Å². The molecule has 3 heterocycles. The van der Waals surface area contributed by atoms with Gasteiger partial charge < -0.3 is 29.3 Å². The fraction of sp³-hybridized carbons (Fsp3) is 0.440. The molecule has 1 saturated carbocycles. The number of nitrogens with zero attached hydrogens (tertiary/aromatic N) is 3. The second-order valence-corrected chi connectivity index (χ2v) is 9.71. The topological polar surface area (TPSA) is 137 Å². The van der Waals surface area contributed by atoms with Gasteiger partial charge in [0.1, 0.15) is 11.4 Å². The van der Waals surface area contributed by atoms with Crippen molar-refractivity contribution in [3.63, 3.8) is 0 Å². The van der Waals surface area contributed by atoms with E-state index in [1.807, 2.05) is 0 Å². The maximum absolute atomic E-state index is 13.2. The Balaban J connectivity index is 1.75. The number of nitrogens with one attached hydrogen (secondary N) is 2. The average Bonchev–Trinajstić information content (AvgIpc) is 3.46. The molecule has 1 aliphatic carbocycles. The van der Waals surface area contributed by atoms with Gasteiger partial charge in [-0.1, -0.05) is 0 Å². The zero-order valence-electron chi connectivity index (χ0n) is 21.7. The molecule has 2 amide bonds. The van der Waals surface area contributed by atoms with Crippen LogP contribution in [0.5, 0.6) is 0 Å². The molecule has 3 aromatic heterocycles. The van der Waals surface area contributed by atoms with E-state index in [-0.39, 0.29) is 23.8 Å². The van der Waals surface area contributed by atoms with Gasteiger partial charge in [0.2, 0.25) is 5.76 Å². The molecule has 1 unspecified atom stereocenters. The van der Waals surface area contributed by atoms with Gasteiger partial charge in [0.05, 0.1) is 48.5 Å². The summed E-state index contributed by atoms with van der Waals surface area (Å²) >= 11 is 0. The summed E-state index contributed by atoms with van der Waals surface area (Å²) in [7, 11) is 4.42. The van der Waals surface area contributed by atoms with Gasteiger partial charge >= 0.3 is 12.1 Å². The lowest BCUT2D eigenvalue weighted by molar-refractivity contribution is 0.00732. The Kier molecular flexibility index (Phi) is 7.12. The third-order valence-electron chi connectivity index (χ3n) is 6.00. The first-order chi connectivity index (χ1) is 17.5. The SMILES string of the molecule is COC(=O)c1occc1Nc1cc(N(C)C(=O)OC(C)(C)C)n2ncc(C(=O)NC3CC[C@@H]3OC)c2c1. The van der Waals surface area contributed by atoms with E-state index in [0.717, 1.165) is 12.8 Å². The number of carbonyl (C=O) groups is 3. The fourth-order valence-electron chi connectivity index (χ4n) is 3.96. The van der Waals surface area contributed by atoms with Crippen molar-refractivity contribution in [2.24, 2.45) is 0 Å². The van der Waals surface area contributed by atoms with Gasteiger partial charge in [-0.25, -0.2) is 14.1 Å². The highest BCUT2D eigenvalue weighted by atomic mass is 16.6. The van der Waals surface area contributed by atoms with Crippen LogP contribution >= 0.6 is 0 Å². The molecule has 1 fully saturated rings. The third-order valence-corrected chi connectivity index (χ3v) is 6.00. The quantitative estimate of drug-likeness (QED) is 0.453. The Labute approximate surface area is 213 Å². The molecule has 37 heavy (non-hydrogen) atoms. The van der Waals surface area contributed by atoms with E-state index >= 15 is 0 Å². The van der Waals surface area contributed by atoms with E-state index in [1.54, 1.807) is 53.1 Å². The minimum absolute atomic E-state index is 0.0218. The predicted molar refractivity (Wildman–Crippen MR) is 134 cm³/mol. The number of fused-ring (bicyclic) bond motifs is 1. The summed E-state index contributed by atoms with van der Waals surface area (Å²) in [5.41, 5.74) is 0.846. The Bertz CT molecular complexity index is 1320. The normalized spacial score (nSPS) is 17.1. The predicted octanol–water partition coefficient (Wildman–Crippen LogP) is 3.74. The van der Waals surface area contributed by atoms with Crippen LogP contribution in [0.25, 0.3) is 5.52 Å². The van der Waals surface area contributed by atoms with E-state index in [4.69, 9.17) is 18.6 Å². The van der Waals surface area contributed by atoms with E-state index in [2.05, 4.69) is 15.7 Å². The minimum atomic E-state index is -0.720. The highest BCUT2D eigenvalue weighted by Gasteiger charge is 2.33. The van der Waals surface area contributed by atoms with Crippen molar-refractivity contribution in [2.45, 2.75) is 51.4 Å². The molecule has 2 N–H and O–H groups in total. The minimum Gasteiger partial charge on any atom is -0.463 e. The number of hydrogen-bond acceptors (Lipinski definition) is 9. The van der Waals surface area contributed by atoms with Gasteiger partial charge in [-0.2, -0.15) is 5.10 Å². The summed E-state index contributed by atoms with van der Waals surface area (Å²) in [5.74, 6) is -0.665. The monoisotopic (exact) mass is 513 g/mol. The van der Waals surface area contributed by atoms with Gasteiger partial charge in [-0.15, -0.1) is 0 Å². The lowest BCUT2D eigenvalue weighted by atomic mass is 9.89. The first-order valence-electron chi connectivity index (χ1n) is 11.8. The number of anilines is 3. The number of ether oxygens (including phenoxy) is 3. The molecule has 2 atom stereocenters. The molecule has 0 saturated heterocycles. The molecule has 0 bridgehead atoms. The highest BCUT2D eigenvalue weighted by molar-refractivity contribution is 6.02. The van der Waals surface area contributed by atoms with Crippen LogP contribution in [-0.4, -0.2) is 66.6 Å². The fourth-order valence-corrected chi connectivity index (χ4v) is 3.96. The highest BCUT2D eigenvalue weighted by Crippen LogP contribution is 2.30. The number of furan rings is 1. The molecular formula is C25H31N5O7. The van der Waals surface area contributed by atoms with Crippen LogP contribution in [0.3, 0.4) is 0 Å². The van der Waals surface area contributed by atoms with Crippen molar-refractivity contribution in [3.8, 4) is 0 Å². The first kappa shape index (κ1) is 26.0. The van der Waals surface area contributed by atoms with Gasteiger partial charge in [0, 0.05) is 32.0 Å². The molecule has 3 aromatic rings. The molecule has 12 heteroatoms. The third kappa shape index (κ3) is 5.38. The van der Waals surface area contributed by atoms with Crippen molar-refractivity contribution in [1.29, 1.82) is 0 Å². The number of esters is 1. The number of hydrogen-bond donors (Lipinski definition) is 2. The zero-order chi connectivity index (χ0) is 26.9. The number of aromatic nitrogens is 2. The Morgan fingerprint density at radius 3 is 2.57 bits per heavy atom. The zero-order valence-corrected chi connectivity index (χ0v) is 21.7. The molecule has 0 radical (unpaired) electrons. The van der Waals surface area contributed by atoms with E-state index < -0.39 is 17.7 Å². The van der Waals surface area contributed by atoms with Gasteiger partial charge in [0.15, 0.2) is 0 Å². The van der Waals surface area contributed by atoms with Crippen LogP contribution in [-0.2, 0) is 14.2 Å². The average molecular weight is 514 g/mol. The van der Waals surface area contributed by atoms with Crippen molar-refractivity contribution >= 4 is 40.7 Å². The molecule has 198 valence electrons. The second-order valence-electron chi connectivity index (χ2n) is 9.71. The standard InChI is InChI=1S/C25H31N5O7/c1-25(2,3)37-24(33)29(4)20-12-14(27-17-9-10-36-21(17)23(32)35-6)11-18-15(13-26-30(18)20)22(31)28-16-7-8-19(16)34-5/h9-13,16,19,27H,7-8H2,1-6H3,(H,28,31)/t16?,19-/m0/s1. The summed E-state index contributed by atoms with van der Waals surface area (Å²) < 4.78 is 22.4. The van der Waals surface area contributed by atoms with Crippen LogP contribution in [0.2, 0.25) is 0 Å². The lowest BCUT2D eigenvalue weighted by Gasteiger charge is -2.35. The second kappa shape index (κ2) is 10.1. The Hall–Kier alpha value is -4.06. The summed E-state index contributed by atoms with van der Waals surface area (Å²) in [6, 6.07) is 4.81. The molecule has 0 aromatic carbocycles. The summed E-state index contributed by atoms with van der Waals surface area (Å²) in [6.45, 7) is 5.30. The largest absolute Gasteiger partial charge is 0.463 e. The smallest absolute Gasteiger partial charge is 0.415 e. The van der Waals surface area contributed by atoms with Crippen LogP contribution in [0.4, 0.5) is 22.0 Å². The molecule has 0 spiro atoms. The number of carbonyl (C=O) groups excluding carboxylic acids is 3. The van der Waals surface area contributed by atoms with Crippen LogP contribution in [0, 0.1) is 0 Å². The molecular weight excluding hydrogens is 482 g/mol. The number of rotatable bonds is 7. The summed E-state index contributed by atoms with van der Waals surface area (Å²) in [5, 5.41) is 10.5. The van der Waals surface area contributed by atoms with Crippen molar-refractivity contribution in [3.05, 3.63) is 42.0 Å². The van der Waals surface area contributed by atoms with Crippen LogP contribution in [0.1, 0.15) is 54.5 Å². The summed E-state index contributed by atoms with van der Waals surface area (Å²) in [6.07, 6.45) is 3.85. The molecule has 0 aliphatic heterocycles. The van der Waals surface area contributed by atoms with Crippen LogP contribution < -0.4 is 15.5 Å². The number of amides is 2. The Morgan fingerprint density at radius 2 is 1.95 bits per heavy atom. The van der Waals surface area contributed by atoms with Crippen molar-refractivity contribution in [2.75, 3.05) is 31.5 Å². The van der Waals surface area contributed by atoms with Gasteiger partial charge in [-0.3, -0.25) is 9.69 Å². The lowest BCUT2D eigenvalue weighted by Crippen LogP contribution is -2.51. The molecule has 1 aliphatic rings. The first-order valence-corrected chi connectivity index (χ1v) is 11.8. The van der Waals surface area contributed by atoms with Crippen LogP contribution in [0.15, 0.2) is 35.1 Å². The molecule has 4 rings (SSSR count). The maximum atomic E-state index is 13.2. The number of pyridine rings is 1. The Morgan fingerprint density at radius 1 is 1.19 bits per heavy atom. The maximum Gasteiger partial charge on any atom is 0.415 e. The van der Waals surface area contributed by atoms with E-state index in [1.165, 1.54) is 29.0 Å². The van der Waals surface area contributed by atoms with Gasteiger partial charge in [0.25, 0.3) is 5.91 Å². The molecule has 12 nitrogen and oxygen atoms in total. The van der Waals surface area contributed by atoms with Crippen molar-refractivity contribution < 1.29 is 33.0 Å². The van der Waals surface area contributed by atoms with Gasteiger partial charge in [-0.05, 0) is 39.7 Å². The number of methoxy groups -OCH3 is 2. The van der Waals surface area contributed by atoms with Crippen molar-refractivity contribution in [1.82, 2.24) is 14.9 Å². The van der Waals surface area contributed by atoms with E-state index in [9.17, 15) is 14.4 Å².